The lowest BCUT2D eigenvalue weighted by molar-refractivity contribution is -0.120. The first kappa shape index (κ1) is 18.0. The predicted octanol–water partition coefficient (Wildman–Crippen LogP) is 4.60. The fraction of sp³-hybridized carbons (Fsp3) is 0.318. The van der Waals surface area contributed by atoms with Gasteiger partial charge in [0.2, 0.25) is 5.91 Å². The van der Waals surface area contributed by atoms with E-state index >= 15 is 0 Å². The largest absolute Gasteiger partial charge is 0.506 e. The van der Waals surface area contributed by atoms with Crippen molar-refractivity contribution >= 4 is 34.1 Å². The molecule has 0 radical (unpaired) electrons. The van der Waals surface area contributed by atoms with Gasteiger partial charge in [0.15, 0.2) is 0 Å². The van der Waals surface area contributed by atoms with Gasteiger partial charge in [0.05, 0.1) is 4.90 Å². The lowest BCUT2D eigenvalue weighted by atomic mass is 10.1. The van der Waals surface area contributed by atoms with Crippen molar-refractivity contribution in [2.45, 2.75) is 36.6 Å². The second-order valence-corrected chi connectivity index (χ2v) is 8.20. The van der Waals surface area contributed by atoms with Gasteiger partial charge in [-0.15, -0.1) is 11.8 Å². The second kappa shape index (κ2) is 8.09. The van der Waals surface area contributed by atoms with Crippen LogP contribution in [0.2, 0.25) is 0 Å². The maximum absolute atomic E-state index is 11.9. The van der Waals surface area contributed by atoms with Crippen molar-refractivity contribution in [3.63, 3.8) is 0 Å². The maximum atomic E-state index is 11.9. The van der Waals surface area contributed by atoms with Crippen molar-refractivity contribution in [2.24, 2.45) is 0 Å². The van der Waals surface area contributed by atoms with Crippen LogP contribution in [0.15, 0.2) is 59.0 Å². The number of hydrogen-bond acceptors (Lipinski definition) is 4. The van der Waals surface area contributed by atoms with Crippen molar-refractivity contribution in [2.75, 3.05) is 17.6 Å². The first-order valence-corrected chi connectivity index (χ1v) is 10.4. The number of carbonyl (C=O) groups excluding carboxylic acids is 1. The average molecular weight is 381 g/mol. The van der Waals surface area contributed by atoms with Crippen LogP contribution in [-0.2, 0) is 4.79 Å². The number of phenols is 1. The number of thioether (sulfide) groups is 1. The minimum Gasteiger partial charge on any atom is -0.506 e. The molecular formula is C22H24N2O2S. The molecule has 27 heavy (non-hydrogen) atoms. The SMILES string of the molecule is O=C(CCSc1cc(NCC2=CC=CC2)c2ccccc2c1O)NC1CC1. The summed E-state index contributed by atoms with van der Waals surface area (Å²) >= 11 is 1.53. The molecule has 0 heterocycles. The molecule has 0 saturated heterocycles. The molecule has 2 aromatic carbocycles. The predicted molar refractivity (Wildman–Crippen MR) is 112 cm³/mol. The summed E-state index contributed by atoms with van der Waals surface area (Å²) in [6.45, 7) is 0.787. The molecule has 0 aromatic heterocycles. The number of rotatable bonds is 8. The lowest BCUT2D eigenvalue weighted by Crippen LogP contribution is -2.25. The molecule has 0 unspecified atom stereocenters. The quantitative estimate of drug-likeness (QED) is 0.462. The standard InChI is InChI=1S/C22H24N2O2S/c25-21(24-16-9-10-16)11-12-27-20-13-19(23-14-15-5-1-2-6-15)17-7-3-4-8-18(17)22(20)26/h1-5,7-8,13,16,23,26H,6,9-12,14H2,(H,24,25). The Morgan fingerprint density at radius 3 is 2.78 bits per heavy atom. The third-order valence-corrected chi connectivity index (χ3v) is 5.89. The highest BCUT2D eigenvalue weighted by molar-refractivity contribution is 7.99. The van der Waals surface area contributed by atoms with Gasteiger partial charge < -0.3 is 15.7 Å². The summed E-state index contributed by atoms with van der Waals surface area (Å²) < 4.78 is 0. The highest BCUT2D eigenvalue weighted by Gasteiger charge is 2.23. The van der Waals surface area contributed by atoms with Crippen molar-refractivity contribution in [3.05, 3.63) is 54.1 Å². The molecule has 1 amide bonds. The van der Waals surface area contributed by atoms with Gasteiger partial charge in [0.25, 0.3) is 0 Å². The van der Waals surface area contributed by atoms with Crippen LogP contribution in [0, 0.1) is 0 Å². The van der Waals surface area contributed by atoms with Gasteiger partial charge in [-0.05, 0) is 30.9 Å². The minimum absolute atomic E-state index is 0.101. The zero-order valence-corrected chi connectivity index (χ0v) is 16.0. The zero-order valence-electron chi connectivity index (χ0n) is 15.2. The van der Waals surface area contributed by atoms with Crippen LogP contribution in [0.25, 0.3) is 10.8 Å². The average Bonchev–Trinajstić information content (AvgIpc) is 3.33. The van der Waals surface area contributed by atoms with Crippen LogP contribution in [0.1, 0.15) is 25.7 Å². The van der Waals surface area contributed by atoms with E-state index in [4.69, 9.17) is 0 Å². The van der Waals surface area contributed by atoms with Crippen LogP contribution in [0.3, 0.4) is 0 Å². The molecule has 2 aliphatic carbocycles. The molecule has 0 atom stereocenters. The number of aromatic hydroxyl groups is 1. The van der Waals surface area contributed by atoms with E-state index in [1.165, 1.54) is 17.3 Å². The summed E-state index contributed by atoms with van der Waals surface area (Å²) in [7, 11) is 0. The van der Waals surface area contributed by atoms with E-state index in [1.54, 1.807) is 0 Å². The third-order valence-electron chi connectivity index (χ3n) is 4.86. The molecule has 4 rings (SSSR count). The summed E-state index contributed by atoms with van der Waals surface area (Å²) in [5, 5.41) is 19.1. The number of allylic oxidation sites excluding steroid dienone is 3. The number of anilines is 1. The fourth-order valence-corrected chi connectivity index (χ4v) is 4.16. The monoisotopic (exact) mass is 380 g/mol. The first-order chi connectivity index (χ1) is 13.2. The molecule has 0 spiro atoms. The fourth-order valence-electron chi connectivity index (χ4n) is 3.20. The Hall–Kier alpha value is -2.40. The van der Waals surface area contributed by atoms with Gasteiger partial charge in [-0.1, -0.05) is 42.5 Å². The van der Waals surface area contributed by atoms with Crippen LogP contribution >= 0.6 is 11.8 Å². The highest BCUT2D eigenvalue weighted by Crippen LogP contribution is 2.40. The molecule has 4 nitrogen and oxygen atoms in total. The van der Waals surface area contributed by atoms with Crippen LogP contribution in [-0.4, -0.2) is 29.4 Å². The molecule has 1 fully saturated rings. The maximum Gasteiger partial charge on any atom is 0.221 e. The van der Waals surface area contributed by atoms with Gasteiger partial charge in [-0.2, -0.15) is 0 Å². The summed E-state index contributed by atoms with van der Waals surface area (Å²) in [6.07, 6.45) is 10.0. The van der Waals surface area contributed by atoms with Gasteiger partial charge >= 0.3 is 0 Å². The minimum atomic E-state index is 0.101. The third kappa shape index (κ3) is 4.48. The van der Waals surface area contributed by atoms with Gasteiger partial charge in [-0.25, -0.2) is 0 Å². The summed E-state index contributed by atoms with van der Waals surface area (Å²) in [5.74, 6) is 1.05. The Morgan fingerprint density at radius 1 is 1.22 bits per heavy atom. The molecule has 5 heteroatoms. The van der Waals surface area contributed by atoms with Crippen molar-refractivity contribution in [3.8, 4) is 5.75 Å². The van der Waals surface area contributed by atoms with E-state index in [1.807, 2.05) is 30.3 Å². The number of hydrogen-bond donors (Lipinski definition) is 3. The Kier molecular flexibility index (Phi) is 5.39. The van der Waals surface area contributed by atoms with E-state index in [9.17, 15) is 9.90 Å². The zero-order chi connectivity index (χ0) is 18.6. The molecule has 2 aliphatic rings. The molecule has 0 bridgehead atoms. The Labute approximate surface area is 163 Å². The van der Waals surface area contributed by atoms with E-state index in [2.05, 4.69) is 28.9 Å². The van der Waals surface area contributed by atoms with E-state index in [0.29, 0.717) is 24.0 Å². The number of phenolic OH excluding ortho intramolecular Hbond substituents is 1. The number of fused-ring (bicyclic) bond motifs is 1. The van der Waals surface area contributed by atoms with Crippen molar-refractivity contribution in [1.82, 2.24) is 5.32 Å². The molecular weight excluding hydrogens is 356 g/mol. The van der Waals surface area contributed by atoms with Crippen LogP contribution in [0.5, 0.6) is 5.75 Å². The topological polar surface area (TPSA) is 61.4 Å². The number of carbonyl (C=O) groups is 1. The van der Waals surface area contributed by atoms with Crippen LogP contribution < -0.4 is 10.6 Å². The van der Waals surface area contributed by atoms with E-state index < -0.39 is 0 Å². The van der Waals surface area contributed by atoms with Crippen molar-refractivity contribution in [1.29, 1.82) is 0 Å². The first-order valence-electron chi connectivity index (χ1n) is 9.46. The molecule has 3 N–H and O–H groups in total. The lowest BCUT2D eigenvalue weighted by Gasteiger charge is -2.15. The molecule has 140 valence electrons. The summed E-state index contributed by atoms with van der Waals surface area (Å²) in [6, 6.07) is 10.3. The number of amides is 1. The molecule has 1 saturated carbocycles. The Bertz CT molecular complexity index is 916. The summed E-state index contributed by atoms with van der Waals surface area (Å²) in [4.78, 5) is 12.7. The summed E-state index contributed by atoms with van der Waals surface area (Å²) in [5.41, 5.74) is 2.36. The molecule has 2 aromatic rings. The number of nitrogens with one attached hydrogen (secondary N) is 2. The Balaban J connectivity index is 1.48. The van der Waals surface area contributed by atoms with E-state index in [0.717, 1.165) is 47.2 Å². The van der Waals surface area contributed by atoms with E-state index in [-0.39, 0.29) is 5.91 Å². The number of benzene rings is 2. The van der Waals surface area contributed by atoms with Crippen LogP contribution in [0.4, 0.5) is 5.69 Å². The van der Waals surface area contributed by atoms with Gasteiger partial charge in [-0.3, -0.25) is 4.79 Å². The second-order valence-electron chi connectivity index (χ2n) is 7.07. The van der Waals surface area contributed by atoms with Gasteiger partial charge in [0.1, 0.15) is 5.75 Å². The molecule has 0 aliphatic heterocycles. The van der Waals surface area contributed by atoms with Gasteiger partial charge in [0, 0.05) is 41.2 Å². The smallest absolute Gasteiger partial charge is 0.221 e. The highest BCUT2D eigenvalue weighted by atomic mass is 32.2. The normalized spacial score (nSPS) is 15.8. The Morgan fingerprint density at radius 2 is 2.04 bits per heavy atom. The van der Waals surface area contributed by atoms with Crippen molar-refractivity contribution < 1.29 is 9.90 Å².